The number of nitrogens with one attached hydrogen (secondary N) is 2. The average Bonchev–Trinajstić information content (AvgIpc) is 2.38. The fraction of sp³-hybridized carbons (Fsp3) is 0.286. The maximum Gasteiger partial charge on any atom is 0.223 e. The van der Waals surface area contributed by atoms with Crippen molar-refractivity contribution in [2.45, 2.75) is 19.9 Å². The molecule has 0 radical (unpaired) electrons. The van der Waals surface area contributed by atoms with Crippen molar-refractivity contribution < 1.29 is 4.39 Å². The zero-order valence-electron chi connectivity index (χ0n) is 11.5. The molecule has 20 heavy (non-hydrogen) atoms. The molecule has 1 unspecified atom stereocenters. The number of halogens is 1. The molecule has 5 nitrogen and oxygen atoms in total. The van der Waals surface area contributed by atoms with Crippen LogP contribution in [-0.4, -0.2) is 16.5 Å². The minimum atomic E-state index is -0.249. The molecular formula is C14H18FN5. The van der Waals surface area contributed by atoms with Crippen LogP contribution in [0, 0.1) is 5.82 Å². The molecule has 0 saturated carbocycles. The normalized spacial score (nSPS) is 11.9. The highest BCUT2D eigenvalue weighted by atomic mass is 19.1. The van der Waals surface area contributed by atoms with Crippen molar-refractivity contribution in [2.24, 2.45) is 0 Å². The molecule has 0 spiro atoms. The van der Waals surface area contributed by atoms with E-state index in [1.54, 1.807) is 24.3 Å². The van der Waals surface area contributed by atoms with E-state index in [4.69, 9.17) is 5.73 Å². The lowest BCUT2D eigenvalue weighted by Crippen LogP contribution is -2.12. The van der Waals surface area contributed by atoms with Crippen LogP contribution < -0.4 is 16.4 Å². The zero-order valence-corrected chi connectivity index (χ0v) is 11.5. The van der Waals surface area contributed by atoms with Crippen LogP contribution in [0.25, 0.3) is 0 Å². The van der Waals surface area contributed by atoms with E-state index in [1.165, 1.54) is 6.07 Å². The summed E-state index contributed by atoms with van der Waals surface area (Å²) in [4.78, 5) is 8.17. The van der Waals surface area contributed by atoms with Crippen LogP contribution in [0.1, 0.15) is 25.5 Å². The monoisotopic (exact) mass is 275 g/mol. The number of nitrogens with zero attached hydrogens (tertiary/aromatic N) is 2. The van der Waals surface area contributed by atoms with Crippen molar-refractivity contribution in [1.82, 2.24) is 9.97 Å². The molecule has 0 aliphatic heterocycles. The van der Waals surface area contributed by atoms with Crippen LogP contribution in [0.15, 0.2) is 30.3 Å². The van der Waals surface area contributed by atoms with E-state index in [0.717, 1.165) is 6.54 Å². The maximum atomic E-state index is 13.7. The Labute approximate surface area is 117 Å². The van der Waals surface area contributed by atoms with Gasteiger partial charge in [0.15, 0.2) is 0 Å². The SMILES string of the molecule is CCNc1cc(NC(C)c2ccccc2F)nc(N)n1. The lowest BCUT2D eigenvalue weighted by Gasteiger charge is -2.16. The Kier molecular flexibility index (Phi) is 4.34. The van der Waals surface area contributed by atoms with E-state index < -0.39 is 0 Å². The van der Waals surface area contributed by atoms with Gasteiger partial charge in [0.2, 0.25) is 5.95 Å². The van der Waals surface area contributed by atoms with Crippen molar-refractivity contribution in [2.75, 3.05) is 22.9 Å². The van der Waals surface area contributed by atoms with Crippen molar-refractivity contribution in [3.05, 3.63) is 41.7 Å². The van der Waals surface area contributed by atoms with Gasteiger partial charge in [-0.3, -0.25) is 0 Å². The smallest absolute Gasteiger partial charge is 0.223 e. The van der Waals surface area contributed by atoms with E-state index in [-0.39, 0.29) is 17.8 Å². The Bertz CT molecular complexity index is 588. The Balaban J connectivity index is 2.19. The highest BCUT2D eigenvalue weighted by molar-refractivity contribution is 5.52. The highest BCUT2D eigenvalue weighted by Gasteiger charge is 2.11. The first-order valence-electron chi connectivity index (χ1n) is 6.49. The van der Waals surface area contributed by atoms with Gasteiger partial charge in [-0.05, 0) is 19.9 Å². The van der Waals surface area contributed by atoms with Crippen LogP contribution in [0.4, 0.5) is 22.0 Å². The third kappa shape index (κ3) is 3.34. The summed E-state index contributed by atoms with van der Waals surface area (Å²) < 4.78 is 13.7. The van der Waals surface area contributed by atoms with E-state index >= 15 is 0 Å². The molecule has 0 saturated heterocycles. The van der Waals surface area contributed by atoms with Crippen LogP contribution in [-0.2, 0) is 0 Å². The number of nitrogens with two attached hydrogens (primary N) is 1. The first-order valence-corrected chi connectivity index (χ1v) is 6.49. The van der Waals surface area contributed by atoms with Crippen molar-refractivity contribution in [3.8, 4) is 0 Å². The zero-order chi connectivity index (χ0) is 14.5. The Hall–Kier alpha value is -2.37. The molecule has 4 N–H and O–H groups in total. The number of hydrogen-bond acceptors (Lipinski definition) is 5. The van der Waals surface area contributed by atoms with Gasteiger partial charge < -0.3 is 16.4 Å². The largest absolute Gasteiger partial charge is 0.370 e. The highest BCUT2D eigenvalue weighted by Crippen LogP contribution is 2.22. The molecule has 1 aromatic carbocycles. The Morgan fingerprint density at radius 2 is 1.95 bits per heavy atom. The third-order valence-corrected chi connectivity index (χ3v) is 2.84. The molecule has 2 aromatic rings. The maximum absolute atomic E-state index is 13.7. The molecule has 1 atom stereocenters. The van der Waals surface area contributed by atoms with Gasteiger partial charge in [0.25, 0.3) is 0 Å². The van der Waals surface area contributed by atoms with Gasteiger partial charge in [-0.25, -0.2) is 4.39 Å². The summed E-state index contributed by atoms with van der Waals surface area (Å²) in [5, 5.41) is 6.20. The average molecular weight is 275 g/mol. The summed E-state index contributed by atoms with van der Waals surface area (Å²) in [6.45, 7) is 4.57. The van der Waals surface area contributed by atoms with E-state index in [9.17, 15) is 4.39 Å². The minimum Gasteiger partial charge on any atom is -0.370 e. The van der Waals surface area contributed by atoms with Crippen LogP contribution >= 0.6 is 0 Å². The quantitative estimate of drug-likeness (QED) is 0.782. The molecule has 0 aliphatic rings. The first kappa shape index (κ1) is 14.0. The summed E-state index contributed by atoms with van der Waals surface area (Å²) in [6.07, 6.45) is 0. The molecule has 1 heterocycles. The van der Waals surface area contributed by atoms with Gasteiger partial charge in [0, 0.05) is 18.2 Å². The number of aromatic nitrogens is 2. The molecule has 106 valence electrons. The fourth-order valence-corrected chi connectivity index (χ4v) is 1.94. The van der Waals surface area contributed by atoms with Gasteiger partial charge in [0.05, 0.1) is 6.04 Å². The van der Waals surface area contributed by atoms with E-state index in [2.05, 4.69) is 20.6 Å². The van der Waals surface area contributed by atoms with Crippen molar-refractivity contribution in [1.29, 1.82) is 0 Å². The minimum absolute atomic E-state index is 0.173. The molecule has 6 heteroatoms. The second kappa shape index (κ2) is 6.18. The van der Waals surface area contributed by atoms with E-state index in [0.29, 0.717) is 17.2 Å². The number of anilines is 3. The van der Waals surface area contributed by atoms with Gasteiger partial charge in [-0.1, -0.05) is 18.2 Å². The van der Waals surface area contributed by atoms with Crippen LogP contribution in [0.5, 0.6) is 0 Å². The Morgan fingerprint density at radius 1 is 1.25 bits per heavy atom. The molecule has 2 rings (SSSR count). The summed E-state index contributed by atoms with van der Waals surface area (Å²) in [7, 11) is 0. The number of hydrogen-bond donors (Lipinski definition) is 3. The van der Waals surface area contributed by atoms with Gasteiger partial charge >= 0.3 is 0 Å². The third-order valence-electron chi connectivity index (χ3n) is 2.84. The molecule has 0 amide bonds. The van der Waals surface area contributed by atoms with Gasteiger partial charge in [0.1, 0.15) is 17.5 Å². The number of benzene rings is 1. The summed E-state index contributed by atoms with van der Waals surface area (Å²) >= 11 is 0. The fourth-order valence-electron chi connectivity index (χ4n) is 1.94. The topological polar surface area (TPSA) is 75.9 Å². The van der Waals surface area contributed by atoms with E-state index in [1.807, 2.05) is 13.8 Å². The standard InChI is InChI=1S/C14H18FN5/c1-3-17-12-8-13(20-14(16)19-12)18-9(2)10-6-4-5-7-11(10)15/h4-9H,3H2,1-2H3,(H4,16,17,18,19,20). The van der Waals surface area contributed by atoms with Gasteiger partial charge in [-0.15, -0.1) is 0 Å². The summed E-state index contributed by atoms with van der Waals surface area (Å²) in [6, 6.07) is 8.17. The van der Waals surface area contributed by atoms with Crippen LogP contribution in [0.3, 0.4) is 0 Å². The predicted octanol–water partition coefficient (Wildman–Crippen LogP) is 2.80. The second-order valence-corrected chi connectivity index (χ2v) is 4.41. The van der Waals surface area contributed by atoms with Crippen molar-refractivity contribution in [3.63, 3.8) is 0 Å². The number of nitrogen functional groups attached to an aromatic ring is 1. The molecule has 0 aliphatic carbocycles. The lowest BCUT2D eigenvalue weighted by molar-refractivity contribution is 0.600. The molecule has 1 aromatic heterocycles. The van der Waals surface area contributed by atoms with Gasteiger partial charge in [-0.2, -0.15) is 9.97 Å². The Morgan fingerprint density at radius 3 is 2.65 bits per heavy atom. The summed E-state index contributed by atoms with van der Waals surface area (Å²) in [5.74, 6) is 1.13. The molecular weight excluding hydrogens is 257 g/mol. The first-order chi connectivity index (χ1) is 9.60. The lowest BCUT2D eigenvalue weighted by atomic mass is 10.1. The number of rotatable bonds is 5. The predicted molar refractivity (Wildman–Crippen MR) is 79.0 cm³/mol. The molecule has 0 fully saturated rings. The van der Waals surface area contributed by atoms with Crippen LogP contribution in [0.2, 0.25) is 0 Å². The summed E-state index contributed by atoms with van der Waals surface area (Å²) in [5.41, 5.74) is 6.24. The second-order valence-electron chi connectivity index (χ2n) is 4.41. The van der Waals surface area contributed by atoms with Crippen molar-refractivity contribution >= 4 is 17.6 Å². The molecule has 0 bridgehead atoms.